The summed E-state index contributed by atoms with van der Waals surface area (Å²) in [6, 6.07) is 9.18. The lowest BCUT2D eigenvalue weighted by molar-refractivity contribution is -0.121. The average Bonchev–Trinajstić information content (AvgIpc) is 3.16. The van der Waals surface area contributed by atoms with Gasteiger partial charge in [-0.05, 0) is 64.6 Å². The fourth-order valence-corrected chi connectivity index (χ4v) is 3.17. The normalized spacial score (nSPS) is 10.6. The maximum atomic E-state index is 13.5. The molecular weight excluding hydrogens is 335 g/mol. The minimum atomic E-state index is -0.228. The maximum Gasteiger partial charge on any atom is 0.220 e. The van der Waals surface area contributed by atoms with E-state index in [-0.39, 0.29) is 11.7 Å². The van der Waals surface area contributed by atoms with Gasteiger partial charge in [-0.25, -0.2) is 4.39 Å². The van der Waals surface area contributed by atoms with Gasteiger partial charge < -0.3 is 5.32 Å². The first-order valence-corrected chi connectivity index (χ1v) is 9.04. The molecule has 3 rings (SSSR count). The van der Waals surface area contributed by atoms with Gasteiger partial charge in [0.25, 0.3) is 0 Å². The first-order valence-electron chi connectivity index (χ1n) is 8.10. The summed E-state index contributed by atoms with van der Waals surface area (Å²) in [5, 5.41) is 6.99. The Morgan fingerprint density at radius 2 is 2.04 bits per heavy atom. The predicted molar refractivity (Wildman–Crippen MR) is 98.9 cm³/mol. The molecule has 2 heterocycles. The lowest BCUT2D eigenvalue weighted by atomic mass is 10.1. The second-order valence-electron chi connectivity index (χ2n) is 5.95. The summed E-state index contributed by atoms with van der Waals surface area (Å²) in [5.74, 6) is -0.281. The van der Waals surface area contributed by atoms with Crippen LogP contribution in [0.25, 0.3) is 11.1 Å². The standard InChI is InChI=1S/C20H19FN2OS/c1-14-2-3-15(9-19(14)21)4-5-20(24)23-11-16-8-18(12-22-10-16)17-6-7-25-13-17/h2-3,6-10,12-13H,4-5,11H2,1H3,(H,23,24). The predicted octanol–water partition coefficient (Wildman–Crippen LogP) is 4.51. The fourth-order valence-electron chi connectivity index (χ4n) is 2.51. The van der Waals surface area contributed by atoms with E-state index in [1.807, 2.05) is 29.8 Å². The molecule has 2 aromatic heterocycles. The largest absolute Gasteiger partial charge is 0.352 e. The summed E-state index contributed by atoms with van der Waals surface area (Å²) in [6.45, 7) is 2.16. The molecule has 0 radical (unpaired) electrons. The van der Waals surface area contributed by atoms with Crippen LogP contribution >= 0.6 is 11.3 Å². The van der Waals surface area contributed by atoms with Crippen LogP contribution in [0.4, 0.5) is 4.39 Å². The van der Waals surface area contributed by atoms with Gasteiger partial charge in [0.05, 0.1) is 0 Å². The third kappa shape index (κ3) is 4.73. The molecule has 0 spiro atoms. The van der Waals surface area contributed by atoms with E-state index >= 15 is 0 Å². The first-order chi connectivity index (χ1) is 12.1. The smallest absolute Gasteiger partial charge is 0.220 e. The van der Waals surface area contributed by atoms with E-state index in [4.69, 9.17) is 0 Å². The number of nitrogens with zero attached hydrogens (tertiary/aromatic N) is 1. The van der Waals surface area contributed by atoms with Gasteiger partial charge in [-0.15, -0.1) is 0 Å². The van der Waals surface area contributed by atoms with Crippen molar-refractivity contribution >= 4 is 17.2 Å². The SMILES string of the molecule is Cc1ccc(CCC(=O)NCc2cncc(-c3ccsc3)c2)cc1F. The Balaban J connectivity index is 1.52. The van der Waals surface area contributed by atoms with Gasteiger partial charge in [-0.2, -0.15) is 11.3 Å². The molecule has 0 bridgehead atoms. The van der Waals surface area contributed by atoms with Crippen molar-refractivity contribution in [2.75, 3.05) is 0 Å². The van der Waals surface area contributed by atoms with E-state index in [1.54, 1.807) is 30.5 Å². The highest BCUT2D eigenvalue weighted by Gasteiger charge is 2.06. The van der Waals surface area contributed by atoms with Crippen LogP contribution in [-0.2, 0) is 17.8 Å². The molecule has 0 aliphatic carbocycles. The second-order valence-corrected chi connectivity index (χ2v) is 6.73. The number of nitrogens with one attached hydrogen (secondary N) is 1. The minimum absolute atomic E-state index is 0.0538. The van der Waals surface area contributed by atoms with Crippen molar-refractivity contribution in [2.45, 2.75) is 26.3 Å². The number of hydrogen-bond donors (Lipinski definition) is 1. The van der Waals surface area contributed by atoms with Gasteiger partial charge in [0.15, 0.2) is 0 Å². The van der Waals surface area contributed by atoms with Crippen LogP contribution in [0.2, 0.25) is 0 Å². The number of thiophene rings is 1. The van der Waals surface area contributed by atoms with Crippen LogP contribution in [0.3, 0.4) is 0 Å². The van der Waals surface area contributed by atoms with Gasteiger partial charge >= 0.3 is 0 Å². The highest BCUT2D eigenvalue weighted by atomic mass is 32.1. The summed E-state index contributed by atoms with van der Waals surface area (Å²) in [5.41, 5.74) is 4.58. The van der Waals surface area contributed by atoms with E-state index in [2.05, 4.69) is 15.7 Å². The van der Waals surface area contributed by atoms with Gasteiger partial charge in [0, 0.05) is 30.9 Å². The van der Waals surface area contributed by atoms with Crippen LogP contribution < -0.4 is 5.32 Å². The van der Waals surface area contributed by atoms with Gasteiger partial charge in [0.1, 0.15) is 5.82 Å². The number of carbonyl (C=O) groups is 1. The summed E-state index contributed by atoms with van der Waals surface area (Å²) >= 11 is 1.64. The topological polar surface area (TPSA) is 42.0 Å². The summed E-state index contributed by atoms with van der Waals surface area (Å²) in [7, 11) is 0. The Hall–Kier alpha value is -2.53. The van der Waals surface area contributed by atoms with Gasteiger partial charge in [-0.3, -0.25) is 9.78 Å². The molecule has 128 valence electrons. The lowest BCUT2D eigenvalue weighted by Crippen LogP contribution is -2.23. The van der Waals surface area contributed by atoms with Crippen molar-refractivity contribution in [1.29, 1.82) is 0 Å². The fraction of sp³-hybridized carbons (Fsp3) is 0.200. The Kier molecular flexibility index (Phi) is 5.56. The highest BCUT2D eigenvalue weighted by molar-refractivity contribution is 7.08. The zero-order chi connectivity index (χ0) is 17.6. The number of carbonyl (C=O) groups excluding carboxylic acids is 1. The quantitative estimate of drug-likeness (QED) is 0.708. The molecule has 0 aliphatic rings. The van der Waals surface area contributed by atoms with E-state index < -0.39 is 0 Å². The molecule has 0 fully saturated rings. The summed E-state index contributed by atoms with van der Waals surface area (Å²) in [4.78, 5) is 16.3. The number of rotatable bonds is 6. The van der Waals surface area contributed by atoms with Crippen molar-refractivity contribution in [2.24, 2.45) is 0 Å². The molecular formula is C20H19FN2OS. The molecule has 0 saturated carbocycles. The van der Waals surface area contributed by atoms with Crippen molar-refractivity contribution in [3.63, 3.8) is 0 Å². The van der Waals surface area contributed by atoms with Crippen LogP contribution in [0, 0.1) is 12.7 Å². The zero-order valence-electron chi connectivity index (χ0n) is 14.0. The van der Waals surface area contributed by atoms with E-state index in [1.165, 1.54) is 6.07 Å². The Bertz CT molecular complexity index is 862. The zero-order valence-corrected chi connectivity index (χ0v) is 14.8. The highest BCUT2D eigenvalue weighted by Crippen LogP contribution is 2.21. The van der Waals surface area contributed by atoms with Crippen molar-refractivity contribution in [1.82, 2.24) is 10.3 Å². The Morgan fingerprint density at radius 3 is 2.80 bits per heavy atom. The molecule has 1 N–H and O–H groups in total. The third-order valence-electron chi connectivity index (χ3n) is 4.02. The van der Waals surface area contributed by atoms with Crippen LogP contribution in [0.5, 0.6) is 0 Å². The molecule has 5 heteroatoms. The molecule has 25 heavy (non-hydrogen) atoms. The van der Waals surface area contributed by atoms with Crippen LogP contribution in [0.15, 0.2) is 53.5 Å². The molecule has 3 nitrogen and oxygen atoms in total. The van der Waals surface area contributed by atoms with Gasteiger partial charge in [0.2, 0.25) is 5.91 Å². The number of aryl methyl sites for hydroxylation is 2. The minimum Gasteiger partial charge on any atom is -0.352 e. The maximum absolute atomic E-state index is 13.5. The molecule has 1 amide bonds. The number of pyridine rings is 1. The van der Waals surface area contributed by atoms with E-state index in [0.717, 1.165) is 22.3 Å². The number of hydrogen-bond acceptors (Lipinski definition) is 3. The lowest BCUT2D eigenvalue weighted by Gasteiger charge is -2.07. The van der Waals surface area contributed by atoms with Crippen molar-refractivity contribution in [3.8, 4) is 11.1 Å². The molecule has 0 saturated heterocycles. The second kappa shape index (κ2) is 8.03. The van der Waals surface area contributed by atoms with Crippen molar-refractivity contribution < 1.29 is 9.18 Å². The average molecular weight is 354 g/mol. The van der Waals surface area contributed by atoms with Crippen LogP contribution in [0.1, 0.15) is 23.1 Å². The van der Waals surface area contributed by atoms with Crippen molar-refractivity contribution in [3.05, 3.63) is 76.0 Å². The molecule has 3 aromatic rings. The number of amides is 1. The Labute approximate surface area is 150 Å². The third-order valence-corrected chi connectivity index (χ3v) is 4.70. The summed E-state index contributed by atoms with van der Waals surface area (Å²) < 4.78 is 13.5. The van der Waals surface area contributed by atoms with Crippen LogP contribution in [-0.4, -0.2) is 10.9 Å². The monoisotopic (exact) mass is 354 g/mol. The molecule has 0 atom stereocenters. The number of halogens is 1. The Morgan fingerprint density at radius 1 is 1.16 bits per heavy atom. The number of benzene rings is 1. The molecule has 1 aromatic carbocycles. The van der Waals surface area contributed by atoms with Gasteiger partial charge in [-0.1, -0.05) is 12.1 Å². The van der Waals surface area contributed by atoms with E-state index in [0.29, 0.717) is 24.9 Å². The molecule has 0 aliphatic heterocycles. The number of aromatic nitrogens is 1. The summed E-state index contributed by atoms with van der Waals surface area (Å²) in [6.07, 6.45) is 4.43. The first kappa shape index (κ1) is 17.3. The van der Waals surface area contributed by atoms with E-state index in [9.17, 15) is 9.18 Å². The molecule has 0 unspecified atom stereocenters.